The first-order chi connectivity index (χ1) is 6.19. The molecule has 1 fully saturated rings. The molecule has 0 bridgehead atoms. The van der Waals surface area contributed by atoms with E-state index in [0.29, 0.717) is 12.1 Å². The normalized spacial score (nSPS) is 36.5. The van der Waals surface area contributed by atoms with Crippen molar-refractivity contribution in [2.45, 2.75) is 52.1 Å². The molecule has 78 valence electrons. The molecule has 1 rings (SSSR count). The third-order valence-electron chi connectivity index (χ3n) is 3.60. The summed E-state index contributed by atoms with van der Waals surface area (Å²) in [7, 11) is 0. The van der Waals surface area contributed by atoms with Gasteiger partial charge in [0.1, 0.15) is 0 Å². The van der Waals surface area contributed by atoms with Gasteiger partial charge in [0.25, 0.3) is 0 Å². The van der Waals surface area contributed by atoms with E-state index in [1.165, 1.54) is 19.3 Å². The smallest absolute Gasteiger partial charge is 0.0164 e. The van der Waals surface area contributed by atoms with Crippen LogP contribution in [0.1, 0.15) is 40.0 Å². The molecule has 2 nitrogen and oxygen atoms in total. The van der Waals surface area contributed by atoms with Crippen LogP contribution in [0.5, 0.6) is 0 Å². The molecule has 4 atom stereocenters. The average Bonchev–Trinajstić information content (AvgIpc) is 2.48. The molecule has 4 unspecified atom stereocenters. The first-order valence-electron chi connectivity index (χ1n) is 5.65. The van der Waals surface area contributed by atoms with Crippen molar-refractivity contribution < 1.29 is 0 Å². The van der Waals surface area contributed by atoms with E-state index in [1.807, 2.05) is 0 Å². The van der Waals surface area contributed by atoms with E-state index in [9.17, 15) is 0 Å². The van der Waals surface area contributed by atoms with Crippen molar-refractivity contribution in [3.8, 4) is 0 Å². The predicted octanol–water partition coefficient (Wildman–Crippen LogP) is 1.75. The molecule has 1 aliphatic rings. The second kappa shape index (κ2) is 4.97. The molecule has 0 amide bonds. The Labute approximate surface area is 82.3 Å². The van der Waals surface area contributed by atoms with Crippen molar-refractivity contribution in [1.82, 2.24) is 5.32 Å². The van der Waals surface area contributed by atoms with Crippen LogP contribution in [0.4, 0.5) is 0 Å². The molecule has 1 saturated carbocycles. The van der Waals surface area contributed by atoms with Crippen LogP contribution in [0.25, 0.3) is 0 Å². The van der Waals surface area contributed by atoms with Gasteiger partial charge in [-0.1, -0.05) is 20.3 Å². The molecular formula is C11H24N2. The van der Waals surface area contributed by atoms with Crippen LogP contribution in [-0.2, 0) is 0 Å². The monoisotopic (exact) mass is 184 g/mol. The molecule has 3 N–H and O–H groups in total. The molecule has 0 saturated heterocycles. The van der Waals surface area contributed by atoms with E-state index in [4.69, 9.17) is 5.73 Å². The topological polar surface area (TPSA) is 38.0 Å². The van der Waals surface area contributed by atoms with Gasteiger partial charge in [0.05, 0.1) is 0 Å². The van der Waals surface area contributed by atoms with Gasteiger partial charge >= 0.3 is 0 Å². The number of nitrogens with two attached hydrogens (primary N) is 1. The van der Waals surface area contributed by atoms with Gasteiger partial charge in [-0.25, -0.2) is 0 Å². The molecule has 0 aliphatic heterocycles. The summed E-state index contributed by atoms with van der Waals surface area (Å²) in [6, 6.07) is 1.19. The second-order valence-electron chi connectivity index (χ2n) is 4.51. The van der Waals surface area contributed by atoms with E-state index in [2.05, 4.69) is 26.1 Å². The van der Waals surface area contributed by atoms with Crippen LogP contribution in [0.15, 0.2) is 0 Å². The summed E-state index contributed by atoms with van der Waals surface area (Å²) in [6.07, 6.45) is 4.06. The van der Waals surface area contributed by atoms with Crippen molar-refractivity contribution in [3.63, 3.8) is 0 Å². The highest BCUT2D eigenvalue weighted by molar-refractivity contribution is 4.87. The standard InChI is InChI=1S/C11H24N2/c1-4-10-5-6-11(9(10)3)13-8(2)7-12/h8-11,13H,4-7,12H2,1-3H3. The highest BCUT2D eigenvalue weighted by Gasteiger charge is 2.31. The third kappa shape index (κ3) is 2.68. The fraction of sp³-hybridized carbons (Fsp3) is 1.00. The molecule has 1 aliphatic carbocycles. The summed E-state index contributed by atoms with van der Waals surface area (Å²) in [4.78, 5) is 0. The summed E-state index contributed by atoms with van der Waals surface area (Å²) < 4.78 is 0. The lowest BCUT2D eigenvalue weighted by Crippen LogP contribution is -2.42. The molecule has 0 aromatic rings. The molecular weight excluding hydrogens is 160 g/mol. The van der Waals surface area contributed by atoms with Crippen molar-refractivity contribution >= 4 is 0 Å². The van der Waals surface area contributed by atoms with E-state index in [1.54, 1.807) is 0 Å². The number of rotatable bonds is 4. The quantitative estimate of drug-likeness (QED) is 0.698. The SMILES string of the molecule is CCC1CCC(NC(C)CN)C1C. The van der Waals surface area contributed by atoms with Crippen molar-refractivity contribution in [3.05, 3.63) is 0 Å². The van der Waals surface area contributed by atoms with Gasteiger partial charge in [0, 0.05) is 18.6 Å². The highest BCUT2D eigenvalue weighted by Crippen LogP contribution is 2.33. The largest absolute Gasteiger partial charge is 0.329 e. The summed E-state index contributed by atoms with van der Waals surface area (Å²) in [5.41, 5.74) is 5.60. The average molecular weight is 184 g/mol. The van der Waals surface area contributed by atoms with Crippen LogP contribution in [0, 0.1) is 11.8 Å². The molecule has 0 heterocycles. The summed E-state index contributed by atoms with van der Waals surface area (Å²) in [5, 5.41) is 3.62. The maximum Gasteiger partial charge on any atom is 0.0164 e. The lowest BCUT2D eigenvalue weighted by Gasteiger charge is -2.24. The molecule has 0 aromatic carbocycles. The van der Waals surface area contributed by atoms with Gasteiger partial charge in [-0.05, 0) is 31.6 Å². The number of hydrogen-bond donors (Lipinski definition) is 2. The minimum atomic E-state index is 0.475. The predicted molar refractivity (Wildman–Crippen MR) is 57.6 cm³/mol. The Morgan fingerprint density at radius 2 is 2.15 bits per heavy atom. The summed E-state index contributed by atoms with van der Waals surface area (Å²) >= 11 is 0. The lowest BCUT2D eigenvalue weighted by atomic mass is 9.93. The zero-order chi connectivity index (χ0) is 9.84. The second-order valence-corrected chi connectivity index (χ2v) is 4.51. The maximum atomic E-state index is 5.60. The maximum absolute atomic E-state index is 5.60. The van der Waals surface area contributed by atoms with E-state index >= 15 is 0 Å². The summed E-state index contributed by atoms with van der Waals surface area (Å²) in [5.74, 6) is 1.77. The van der Waals surface area contributed by atoms with Crippen LogP contribution in [-0.4, -0.2) is 18.6 Å². The molecule has 0 radical (unpaired) electrons. The van der Waals surface area contributed by atoms with E-state index < -0.39 is 0 Å². The van der Waals surface area contributed by atoms with E-state index in [0.717, 1.165) is 18.4 Å². The van der Waals surface area contributed by atoms with Crippen LogP contribution < -0.4 is 11.1 Å². The van der Waals surface area contributed by atoms with Crippen LogP contribution >= 0.6 is 0 Å². The molecule has 0 spiro atoms. The van der Waals surface area contributed by atoms with Gasteiger partial charge in [0.15, 0.2) is 0 Å². The fourth-order valence-corrected chi connectivity index (χ4v) is 2.49. The Balaban J connectivity index is 2.36. The Hall–Kier alpha value is -0.0800. The van der Waals surface area contributed by atoms with Gasteiger partial charge in [0.2, 0.25) is 0 Å². The van der Waals surface area contributed by atoms with E-state index in [-0.39, 0.29) is 0 Å². The number of nitrogens with one attached hydrogen (secondary N) is 1. The highest BCUT2D eigenvalue weighted by atomic mass is 15.0. The van der Waals surface area contributed by atoms with Crippen LogP contribution in [0.2, 0.25) is 0 Å². The molecule has 0 aromatic heterocycles. The Morgan fingerprint density at radius 1 is 1.46 bits per heavy atom. The first-order valence-corrected chi connectivity index (χ1v) is 5.65. The molecule has 13 heavy (non-hydrogen) atoms. The Bertz CT molecular complexity index is 147. The van der Waals surface area contributed by atoms with Crippen LogP contribution in [0.3, 0.4) is 0 Å². The fourth-order valence-electron chi connectivity index (χ4n) is 2.49. The minimum absolute atomic E-state index is 0.475. The first kappa shape index (κ1) is 11.0. The summed E-state index contributed by atoms with van der Waals surface area (Å²) in [6.45, 7) is 7.60. The number of hydrogen-bond acceptors (Lipinski definition) is 2. The molecule has 2 heteroatoms. The van der Waals surface area contributed by atoms with Crippen molar-refractivity contribution in [2.75, 3.05) is 6.54 Å². The zero-order valence-corrected chi connectivity index (χ0v) is 9.22. The van der Waals surface area contributed by atoms with Crippen molar-refractivity contribution in [2.24, 2.45) is 17.6 Å². The Kier molecular flexibility index (Phi) is 4.20. The lowest BCUT2D eigenvalue weighted by molar-refractivity contribution is 0.327. The van der Waals surface area contributed by atoms with Gasteiger partial charge < -0.3 is 11.1 Å². The van der Waals surface area contributed by atoms with Gasteiger partial charge in [-0.15, -0.1) is 0 Å². The van der Waals surface area contributed by atoms with Crippen molar-refractivity contribution in [1.29, 1.82) is 0 Å². The third-order valence-corrected chi connectivity index (χ3v) is 3.60. The van der Waals surface area contributed by atoms with Gasteiger partial charge in [-0.2, -0.15) is 0 Å². The van der Waals surface area contributed by atoms with Gasteiger partial charge in [-0.3, -0.25) is 0 Å². The minimum Gasteiger partial charge on any atom is -0.329 e. The Morgan fingerprint density at radius 3 is 2.62 bits per heavy atom. The zero-order valence-electron chi connectivity index (χ0n) is 9.22.